The zero-order valence-electron chi connectivity index (χ0n) is 13.2. The Labute approximate surface area is 131 Å². The summed E-state index contributed by atoms with van der Waals surface area (Å²) in [4.78, 5) is 8.74. The van der Waals surface area contributed by atoms with Crippen molar-refractivity contribution >= 4 is 0 Å². The molecule has 0 bridgehead atoms. The van der Waals surface area contributed by atoms with Crippen molar-refractivity contribution in [2.24, 2.45) is 0 Å². The first kappa shape index (κ1) is 15.9. The van der Waals surface area contributed by atoms with E-state index >= 15 is 0 Å². The number of rotatable bonds is 6. The van der Waals surface area contributed by atoms with E-state index in [2.05, 4.69) is 19.9 Å². The van der Waals surface area contributed by atoms with Crippen LogP contribution in [-0.4, -0.2) is 87.8 Å². The molecule has 2 aliphatic rings. The Bertz CT molecular complexity index is 422. The number of piperidine rings is 1. The molecule has 1 aromatic heterocycles. The van der Waals surface area contributed by atoms with Crippen LogP contribution in [0.15, 0.2) is 12.7 Å². The van der Waals surface area contributed by atoms with Crippen LogP contribution in [0.25, 0.3) is 0 Å². The predicted octanol–water partition coefficient (Wildman–Crippen LogP) is -0.174. The van der Waals surface area contributed by atoms with Gasteiger partial charge in [0.2, 0.25) is 0 Å². The topological polar surface area (TPSA) is 66.7 Å². The fourth-order valence-corrected chi connectivity index (χ4v) is 3.46. The molecule has 3 rings (SSSR count). The van der Waals surface area contributed by atoms with Crippen molar-refractivity contribution in [3.8, 4) is 0 Å². The van der Waals surface area contributed by atoms with Crippen molar-refractivity contribution in [3.05, 3.63) is 12.7 Å². The molecular weight excluding hydrogens is 282 g/mol. The average molecular weight is 309 g/mol. The van der Waals surface area contributed by atoms with Gasteiger partial charge in [-0.15, -0.1) is 0 Å². The number of aliphatic hydroxyl groups is 1. The molecule has 22 heavy (non-hydrogen) atoms. The van der Waals surface area contributed by atoms with Gasteiger partial charge in [-0.25, -0.2) is 4.98 Å². The van der Waals surface area contributed by atoms with Crippen LogP contribution < -0.4 is 0 Å². The van der Waals surface area contributed by atoms with Crippen molar-refractivity contribution < 1.29 is 9.84 Å². The van der Waals surface area contributed by atoms with Gasteiger partial charge < -0.3 is 9.84 Å². The number of aliphatic hydroxyl groups excluding tert-OH is 1. The molecule has 1 N–H and O–H groups in total. The van der Waals surface area contributed by atoms with Crippen molar-refractivity contribution in [3.63, 3.8) is 0 Å². The van der Waals surface area contributed by atoms with Crippen molar-refractivity contribution in [1.29, 1.82) is 0 Å². The highest BCUT2D eigenvalue weighted by atomic mass is 16.5. The highest BCUT2D eigenvalue weighted by Crippen LogP contribution is 2.18. The number of ether oxygens (including phenoxy) is 1. The maximum absolute atomic E-state index is 10.4. The van der Waals surface area contributed by atoms with Crippen LogP contribution in [0.2, 0.25) is 0 Å². The summed E-state index contributed by atoms with van der Waals surface area (Å²) in [5, 5.41) is 14.7. The molecule has 1 aromatic rings. The largest absolute Gasteiger partial charge is 0.390 e. The molecule has 2 saturated heterocycles. The van der Waals surface area contributed by atoms with Gasteiger partial charge in [0.1, 0.15) is 12.7 Å². The van der Waals surface area contributed by atoms with E-state index in [0.717, 1.165) is 52.5 Å². The zero-order chi connectivity index (χ0) is 15.2. The summed E-state index contributed by atoms with van der Waals surface area (Å²) in [5.74, 6) is 0. The van der Waals surface area contributed by atoms with E-state index in [1.807, 2.05) is 4.68 Å². The zero-order valence-corrected chi connectivity index (χ0v) is 13.2. The number of likely N-dealkylation sites (tertiary alicyclic amines) is 1. The van der Waals surface area contributed by atoms with E-state index in [-0.39, 0.29) is 6.10 Å². The molecule has 0 amide bonds. The van der Waals surface area contributed by atoms with Crippen LogP contribution in [0, 0.1) is 0 Å². The maximum Gasteiger partial charge on any atom is 0.137 e. The first-order chi connectivity index (χ1) is 10.8. The van der Waals surface area contributed by atoms with E-state index in [0.29, 0.717) is 6.04 Å². The molecule has 3 heterocycles. The highest BCUT2D eigenvalue weighted by Gasteiger charge is 2.26. The Hall–Kier alpha value is -1.02. The number of hydrogen-bond donors (Lipinski definition) is 1. The third kappa shape index (κ3) is 4.49. The Morgan fingerprint density at radius 1 is 1.18 bits per heavy atom. The smallest absolute Gasteiger partial charge is 0.137 e. The SMILES string of the molecule is OC(CN1CCOCC1)CN1CCCCC1Cn1cncn1. The van der Waals surface area contributed by atoms with E-state index in [4.69, 9.17) is 4.74 Å². The minimum Gasteiger partial charge on any atom is -0.390 e. The molecule has 7 nitrogen and oxygen atoms in total. The molecule has 0 radical (unpaired) electrons. The summed E-state index contributed by atoms with van der Waals surface area (Å²) in [5.41, 5.74) is 0. The first-order valence-electron chi connectivity index (χ1n) is 8.36. The third-order valence-electron chi connectivity index (χ3n) is 4.63. The molecule has 7 heteroatoms. The minimum atomic E-state index is -0.297. The molecule has 2 fully saturated rings. The second-order valence-electron chi connectivity index (χ2n) is 6.33. The molecule has 0 saturated carbocycles. The second kappa shape index (κ2) is 8.01. The highest BCUT2D eigenvalue weighted by molar-refractivity contribution is 4.80. The molecule has 2 aliphatic heterocycles. The lowest BCUT2D eigenvalue weighted by Crippen LogP contribution is -2.49. The molecule has 2 unspecified atom stereocenters. The van der Waals surface area contributed by atoms with E-state index in [1.54, 1.807) is 12.7 Å². The fourth-order valence-electron chi connectivity index (χ4n) is 3.46. The fraction of sp³-hybridized carbons (Fsp3) is 0.867. The van der Waals surface area contributed by atoms with Crippen LogP contribution >= 0.6 is 0 Å². The van der Waals surface area contributed by atoms with Gasteiger partial charge in [0.25, 0.3) is 0 Å². The second-order valence-corrected chi connectivity index (χ2v) is 6.33. The van der Waals surface area contributed by atoms with Crippen molar-refractivity contribution in [2.45, 2.75) is 38.0 Å². The number of nitrogens with zero attached hydrogens (tertiary/aromatic N) is 5. The van der Waals surface area contributed by atoms with Gasteiger partial charge in [-0.3, -0.25) is 14.5 Å². The minimum absolute atomic E-state index is 0.297. The van der Waals surface area contributed by atoms with Gasteiger partial charge >= 0.3 is 0 Å². The maximum atomic E-state index is 10.4. The molecule has 0 aliphatic carbocycles. The van der Waals surface area contributed by atoms with Crippen LogP contribution in [0.1, 0.15) is 19.3 Å². The Balaban J connectivity index is 1.49. The molecule has 0 aromatic carbocycles. The van der Waals surface area contributed by atoms with Crippen LogP contribution in [-0.2, 0) is 11.3 Å². The summed E-state index contributed by atoms with van der Waals surface area (Å²) in [6.07, 6.45) is 6.71. The molecule has 0 spiro atoms. The van der Waals surface area contributed by atoms with Gasteiger partial charge in [0, 0.05) is 32.2 Å². The monoisotopic (exact) mass is 309 g/mol. The van der Waals surface area contributed by atoms with Gasteiger partial charge in [0.05, 0.1) is 25.9 Å². The Morgan fingerprint density at radius 3 is 2.82 bits per heavy atom. The summed E-state index contributed by atoms with van der Waals surface area (Å²) >= 11 is 0. The van der Waals surface area contributed by atoms with Crippen molar-refractivity contribution in [2.75, 3.05) is 45.9 Å². The summed E-state index contributed by atoms with van der Waals surface area (Å²) in [7, 11) is 0. The summed E-state index contributed by atoms with van der Waals surface area (Å²) < 4.78 is 7.26. The Kier molecular flexibility index (Phi) is 5.77. The number of β-amino-alcohol motifs (C(OH)–C–C–N with tert-alkyl or cyclic N) is 1. The van der Waals surface area contributed by atoms with E-state index in [9.17, 15) is 5.11 Å². The van der Waals surface area contributed by atoms with Gasteiger partial charge in [0.15, 0.2) is 0 Å². The quantitative estimate of drug-likeness (QED) is 0.787. The Morgan fingerprint density at radius 2 is 2.05 bits per heavy atom. The first-order valence-corrected chi connectivity index (χ1v) is 8.36. The predicted molar refractivity (Wildman–Crippen MR) is 82.5 cm³/mol. The van der Waals surface area contributed by atoms with Gasteiger partial charge in [-0.05, 0) is 19.4 Å². The van der Waals surface area contributed by atoms with Gasteiger partial charge in [-0.2, -0.15) is 5.10 Å². The van der Waals surface area contributed by atoms with E-state index < -0.39 is 0 Å². The normalized spacial score (nSPS) is 26.1. The average Bonchev–Trinajstić information content (AvgIpc) is 3.03. The molecule has 124 valence electrons. The molecule has 2 atom stereocenters. The molecular formula is C15H27N5O2. The third-order valence-corrected chi connectivity index (χ3v) is 4.63. The van der Waals surface area contributed by atoms with Crippen molar-refractivity contribution in [1.82, 2.24) is 24.6 Å². The lowest BCUT2D eigenvalue weighted by atomic mass is 10.0. The number of morpholine rings is 1. The van der Waals surface area contributed by atoms with Crippen LogP contribution in [0.4, 0.5) is 0 Å². The summed E-state index contributed by atoms with van der Waals surface area (Å²) in [6, 6.07) is 0.454. The van der Waals surface area contributed by atoms with E-state index in [1.165, 1.54) is 19.3 Å². The lowest BCUT2D eigenvalue weighted by molar-refractivity contribution is -0.00184. The van der Waals surface area contributed by atoms with Crippen LogP contribution in [0.3, 0.4) is 0 Å². The van der Waals surface area contributed by atoms with Gasteiger partial charge in [-0.1, -0.05) is 6.42 Å². The lowest BCUT2D eigenvalue weighted by Gasteiger charge is -2.38. The van der Waals surface area contributed by atoms with Crippen LogP contribution in [0.5, 0.6) is 0 Å². The standard InChI is InChI=1S/C15H27N5O2/c21-15(10-18-5-7-22-8-6-18)11-19-4-2-1-3-14(19)9-20-13-16-12-17-20/h12-15,21H,1-11H2. The summed E-state index contributed by atoms with van der Waals surface area (Å²) in [6.45, 7) is 6.85. The number of aromatic nitrogens is 3. The number of hydrogen-bond acceptors (Lipinski definition) is 6.